The van der Waals surface area contributed by atoms with Gasteiger partial charge in [0.25, 0.3) is 5.69 Å². The SMILES string of the molecule is Cc1ccc(NC(=O)CN(Cc2ccco2)Cc2ccco2)cc1[N+](=O)[O-]. The first-order valence-corrected chi connectivity index (χ1v) is 8.33. The maximum atomic E-state index is 12.5. The summed E-state index contributed by atoms with van der Waals surface area (Å²) in [5, 5.41) is 13.8. The second kappa shape index (κ2) is 8.33. The van der Waals surface area contributed by atoms with Gasteiger partial charge in [-0.1, -0.05) is 6.07 Å². The maximum absolute atomic E-state index is 12.5. The van der Waals surface area contributed by atoms with Crippen molar-refractivity contribution in [2.75, 3.05) is 11.9 Å². The van der Waals surface area contributed by atoms with Crippen molar-refractivity contribution in [1.82, 2.24) is 4.90 Å². The van der Waals surface area contributed by atoms with Crippen LogP contribution in [0.5, 0.6) is 0 Å². The fourth-order valence-electron chi connectivity index (χ4n) is 2.70. The number of nitrogens with one attached hydrogen (secondary N) is 1. The van der Waals surface area contributed by atoms with Crippen molar-refractivity contribution in [2.45, 2.75) is 20.0 Å². The summed E-state index contributed by atoms with van der Waals surface area (Å²) in [7, 11) is 0. The molecule has 2 aromatic heterocycles. The molecule has 0 aliphatic rings. The van der Waals surface area contributed by atoms with Gasteiger partial charge in [0, 0.05) is 17.3 Å². The molecule has 8 heteroatoms. The molecule has 1 N–H and O–H groups in total. The number of anilines is 1. The molecular weight excluding hydrogens is 350 g/mol. The van der Waals surface area contributed by atoms with Crippen molar-refractivity contribution in [3.05, 3.63) is 82.2 Å². The van der Waals surface area contributed by atoms with E-state index in [-0.39, 0.29) is 18.1 Å². The largest absolute Gasteiger partial charge is 0.468 e. The Hall–Kier alpha value is -3.39. The Bertz CT molecular complexity index is 867. The molecule has 0 radical (unpaired) electrons. The number of furan rings is 2. The van der Waals surface area contributed by atoms with Gasteiger partial charge in [-0.3, -0.25) is 19.8 Å². The fraction of sp³-hybridized carbons (Fsp3) is 0.211. The van der Waals surface area contributed by atoms with Gasteiger partial charge in [0.2, 0.25) is 5.91 Å². The second-order valence-corrected chi connectivity index (χ2v) is 6.11. The third kappa shape index (κ3) is 5.05. The number of amides is 1. The van der Waals surface area contributed by atoms with E-state index in [4.69, 9.17) is 8.83 Å². The number of benzene rings is 1. The van der Waals surface area contributed by atoms with Gasteiger partial charge in [-0.15, -0.1) is 0 Å². The summed E-state index contributed by atoms with van der Waals surface area (Å²) in [6.45, 7) is 2.57. The molecule has 3 rings (SSSR count). The van der Waals surface area contributed by atoms with E-state index in [0.29, 0.717) is 24.3 Å². The van der Waals surface area contributed by atoms with Crippen LogP contribution in [0, 0.1) is 17.0 Å². The standard InChI is InChI=1S/C19H19N3O5/c1-14-6-7-15(10-18(14)22(24)25)20-19(23)13-21(11-16-4-2-8-26-16)12-17-5-3-9-27-17/h2-10H,11-13H2,1H3,(H,20,23). The van der Waals surface area contributed by atoms with Gasteiger partial charge in [0.05, 0.1) is 37.1 Å². The third-order valence-electron chi connectivity index (χ3n) is 3.98. The minimum atomic E-state index is -0.467. The number of hydrogen-bond acceptors (Lipinski definition) is 6. The molecule has 8 nitrogen and oxygen atoms in total. The lowest BCUT2D eigenvalue weighted by Crippen LogP contribution is -2.32. The summed E-state index contributed by atoms with van der Waals surface area (Å²) in [4.78, 5) is 24.9. The van der Waals surface area contributed by atoms with Crippen LogP contribution >= 0.6 is 0 Å². The first-order chi connectivity index (χ1) is 13.0. The molecule has 1 amide bonds. The highest BCUT2D eigenvalue weighted by molar-refractivity contribution is 5.92. The van der Waals surface area contributed by atoms with Crippen LogP contribution in [0.1, 0.15) is 17.1 Å². The zero-order valence-electron chi connectivity index (χ0n) is 14.8. The van der Waals surface area contributed by atoms with Crippen molar-refractivity contribution >= 4 is 17.3 Å². The van der Waals surface area contributed by atoms with Crippen LogP contribution in [0.15, 0.2) is 63.8 Å². The number of nitro groups is 1. The van der Waals surface area contributed by atoms with Crippen LogP contribution in [-0.4, -0.2) is 22.3 Å². The predicted octanol–water partition coefficient (Wildman–Crippen LogP) is 3.73. The van der Waals surface area contributed by atoms with Gasteiger partial charge >= 0.3 is 0 Å². The first kappa shape index (κ1) is 18.4. The number of aryl methyl sites for hydroxylation is 1. The summed E-state index contributed by atoms with van der Waals surface area (Å²) in [5.74, 6) is 1.16. The van der Waals surface area contributed by atoms with E-state index in [1.165, 1.54) is 6.07 Å². The Morgan fingerprint density at radius 3 is 2.26 bits per heavy atom. The minimum absolute atomic E-state index is 0.0316. The highest BCUT2D eigenvalue weighted by Crippen LogP contribution is 2.22. The normalized spacial score (nSPS) is 10.9. The van der Waals surface area contributed by atoms with Crippen LogP contribution < -0.4 is 5.32 Å². The van der Waals surface area contributed by atoms with E-state index in [2.05, 4.69) is 5.32 Å². The van der Waals surface area contributed by atoms with E-state index in [0.717, 1.165) is 11.5 Å². The number of nitrogens with zero attached hydrogens (tertiary/aromatic N) is 2. The van der Waals surface area contributed by atoms with Gasteiger partial charge in [0.1, 0.15) is 11.5 Å². The van der Waals surface area contributed by atoms with Gasteiger partial charge in [-0.25, -0.2) is 0 Å². The lowest BCUT2D eigenvalue weighted by molar-refractivity contribution is -0.385. The van der Waals surface area contributed by atoms with Crippen LogP contribution in [0.3, 0.4) is 0 Å². The Kier molecular flexibility index (Phi) is 5.68. The quantitative estimate of drug-likeness (QED) is 0.479. The Labute approximate surface area is 155 Å². The summed E-state index contributed by atoms with van der Waals surface area (Å²) in [6.07, 6.45) is 3.15. The molecule has 0 saturated heterocycles. The maximum Gasteiger partial charge on any atom is 0.274 e. The average Bonchev–Trinajstić information content (AvgIpc) is 3.30. The van der Waals surface area contributed by atoms with Crippen molar-refractivity contribution in [2.24, 2.45) is 0 Å². The Morgan fingerprint density at radius 1 is 1.11 bits per heavy atom. The highest BCUT2D eigenvalue weighted by atomic mass is 16.6. The molecule has 0 unspecified atom stereocenters. The average molecular weight is 369 g/mol. The van der Waals surface area contributed by atoms with E-state index in [1.54, 1.807) is 43.7 Å². The topological polar surface area (TPSA) is 102 Å². The summed E-state index contributed by atoms with van der Waals surface area (Å²) < 4.78 is 10.7. The van der Waals surface area contributed by atoms with Crippen molar-refractivity contribution < 1.29 is 18.6 Å². The van der Waals surface area contributed by atoms with Crippen molar-refractivity contribution in [3.63, 3.8) is 0 Å². The molecular formula is C19H19N3O5. The van der Waals surface area contributed by atoms with Crippen LogP contribution in [0.4, 0.5) is 11.4 Å². The number of carbonyl (C=O) groups excluding carboxylic acids is 1. The first-order valence-electron chi connectivity index (χ1n) is 8.33. The third-order valence-corrected chi connectivity index (χ3v) is 3.98. The molecule has 140 valence electrons. The molecule has 0 spiro atoms. The van der Waals surface area contributed by atoms with E-state index < -0.39 is 4.92 Å². The Morgan fingerprint density at radius 2 is 1.74 bits per heavy atom. The number of rotatable bonds is 8. The molecule has 2 heterocycles. The number of nitro benzene ring substituents is 1. The molecule has 27 heavy (non-hydrogen) atoms. The van der Waals surface area contributed by atoms with Crippen LogP contribution in [0.25, 0.3) is 0 Å². The van der Waals surface area contributed by atoms with Gasteiger partial charge in [-0.05, 0) is 37.3 Å². The zero-order chi connectivity index (χ0) is 19.2. The molecule has 0 fully saturated rings. The highest BCUT2D eigenvalue weighted by Gasteiger charge is 2.16. The molecule has 0 atom stereocenters. The Balaban J connectivity index is 1.68. The number of carbonyl (C=O) groups is 1. The zero-order valence-corrected chi connectivity index (χ0v) is 14.8. The van der Waals surface area contributed by atoms with Gasteiger partial charge in [-0.2, -0.15) is 0 Å². The van der Waals surface area contributed by atoms with Crippen LogP contribution in [0.2, 0.25) is 0 Å². The monoisotopic (exact) mass is 369 g/mol. The van der Waals surface area contributed by atoms with Crippen molar-refractivity contribution in [3.8, 4) is 0 Å². The lowest BCUT2D eigenvalue weighted by atomic mass is 10.2. The minimum Gasteiger partial charge on any atom is -0.468 e. The molecule has 0 aliphatic heterocycles. The summed E-state index contributed by atoms with van der Waals surface area (Å²) >= 11 is 0. The predicted molar refractivity (Wildman–Crippen MR) is 98.0 cm³/mol. The second-order valence-electron chi connectivity index (χ2n) is 6.11. The van der Waals surface area contributed by atoms with E-state index in [1.807, 2.05) is 17.0 Å². The smallest absolute Gasteiger partial charge is 0.274 e. The molecule has 0 bridgehead atoms. The lowest BCUT2D eigenvalue weighted by Gasteiger charge is -2.19. The van der Waals surface area contributed by atoms with E-state index >= 15 is 0 Å². The van der Waals surface area contributed by atoms with Crippen LogP contribution in [-0.2, 0) is 17.9 Å². The summed E-state index contributed by atoms with van der Waals surface area (Å²) in [5.41, 5.74) is 0.888. The van der Waals surface area contributed by atoms with Crippen molar-refractivity contribution in [1.29, 1.82) is 0 Å². The summed E-state index contributed by atoms with van der Waals surface area (Å²) in [6, 6.07) is 11.8. The molecule has 0 aliphatic carbocycles. The van der Waals surface area contributed by atoms with Gasteiger partial charge < -0.3 is 14.2 Å². The fourth-order valence-corrected chi connectivity index (χ4v) is 2.70. The van der Waals surface area contributed by atoms with Gasteiger partial charge in [0.15, 0.2) is 0 Å². The number of hydrogen-bond donors (Lipinski definition) is 1. The molecule has 1 aromatic carbocycles. The molecule has 3 aromatic rings. The molecule has 0 saturated carbocycles. The van der Waals surface area contributed by atoms with E-state index in [9.17, 15) is 14.9 Å².